The first-order chi connectivity index (χ1) is 8.98. The fourth-order valence-electron chi connectivity index (χ4n) is 1.73. The molecule has 0 saturated heterocycles. The molecule has 1 unspecified atom stereocenters. The van der Waals surface area contributed by atoms with Crippen LogP contribution in [0.15, 0.2) is 24.3 Å². The zero-order valence-corrected chi connectivity index (χ0v) is 11.0. The Morgan fingerprint density at radius 3 is 2.47 bits per heavy atom. The lowest BCUT2D eigenvalue weighted by Crippen LogP contribution is -2.27. The molecule has 0 fully saturated rings. The highest BCUT2D eigenvalue weighted by molar-refractivity contribution is 5.36. The first kappa shape index (κ1) is 15.8. The molecule has 0 spiro atoms. The second-order valence-electron chi connectivity index (χ2n) is 3.86. The predicted octanol–water partition coefficient (Wildman–Crippen LogP) is 3.27. The summed E-state index contributed by atoms with van der Waals surface area (Å²) in [7, 11) is 0. The second-order valence-corrected chi connectivity index (χ2v) is 3.86. The summed E-state index contributed by atoms with van der Waals surface area (Å²) in [6.07, 6.45) is -4.70. The molecule has 0 radical (unpaired) electrons. The third-order valence-corrected chi connectivity index (χ3v) is 2.46. The van der Waals surface area contributed by atoms with Crippen molar-refractivity contribution in [2.75, 3.05) is 19.8 Å². The summed E-state index contributed by atoms with van der Waals surface area (Å²) in [5, 5.41) is 3.09. The van der Waals surface area contributed by atoms with Crippen LogP contribution < -0.4 is 10.1 Å². The summed E-state index contributed by atoms with van der Waals surface area (Å²) in [6, 6.07) is 5.76. The Labute approximate surface area is 110 Å². The lowest BCUT2D eigenvalue weighted by molar-refractivity contribution is -0.275. The van der Waals surface area contributed by atoms with Crippen LogP contribution in [0.5, 0.6) is 5.75 Å². The van der Waals surface area contributed by atoms with E-state index in [0.29, 0.717) is 25.3 Å². The molecule has 1 rings (SSSR count). The van der Waals surface area contributed by atoms with E-state index >= 15 is 0 Å². The van der Waals surface area contributed by atoms with Crippen LogP contribution in [0.25, 0.3) is 0 Å². The van der Waals surface area contributed by atoms with Crippen molar-refractivity contribution >= 4 is 0 Å². The van der Waals surface area contributed by atoms with Crippen LogP contribution in [-0.4, -0.2) is 26.1 Å². The SMILES string of the molecule is CCNC(COCC)c1ccccc1OC(F)(F)F. The lowest BCUT2D eigenvalue weighted by Gasteiger charge is -2.21. The molecule has 108 valence electrons. The van der Waals surface area contributed by atoms with Crippen molar-refractivity contribution in [2.24, 2.45) is 0 Å². The standard InChI is InChI=1S/C13H18F3NO2/c1-3-17-11(9-18-4-2)10-7-5-6-8-12(10)19-13(14,15)16/h5-8,11,17H,3-4,9H2,1-2H3. The number of hydrogen-bond acceptors (Lipinski definition) is 3. The summed E-state index contributed by atoms with van der Waals surface area (Å²) in [4.78, 5) is 0. The van der Waals surface area contributed by atoms with Gasteiger partial charge in [-0.15, -0.1) is 13.2 Å². The second kappa shape index (κ2) is 7.35. The summed E-state index contributed by atoms with van der Waals surface area (Å²) in [5.74, 6) is -0.194. The number of halogens is 3. The normalized spacial score (nSPS) is 13.3. The Morgan fingerprint density at radius 2 is 1.89 bits per heavy atom. The Bertz CT molecular complexity index is 382. The van der Waals surface area contributed by atoms with Crippen molar-refractivity contribution in [1.29, 1.82) is 0 Å². The Hall–Kier alpha value is -1.27. The molecular formula is C13H18F3NO2. The minimum atomic E-state index is -4.70. The number of likely N-dealkylation sites (N-methyl/N-ethyl adjacent to an activating group) is 1. The Morgan fingerprint density at radius 1 is 1.21 bits per heavy atom. The van der Waals surface area contributed by atoms with Gasteiger partial charge >= 0.3 is 6.36 Å². The quantitative estimate of drug-likeness (QED) is 0.829. The van der Waals surface area contributed by atoms with Crippen LogP contribution in [0.1, 0.15) is 25.5 Å². The third kappa shape index (κ3) is 5.48. The van der Waals surface area contributed by atoms with Crippen LogP contribution in [0.4, 0.5) is 13.2 Å². The van der Waals surface area contributed by atoms with Gasteiger partial charge in [-0.25, -0.2) is 0 Å². The smallest absolute Gasteiger partial charge is 0.405 e. The minimum absolute atomic E-state index is 0.194. The molecule has 0 aliphatic rings. The molecule has 19 heavy (non-hydrogen) atoms. The molecular weight excluding hydrogens is 259 g/mol. The van der Waals surface area contributed by atoms with Crippen molar-refractivity contribution in [2.45, 2.75) is 26.3 Å². The first-order valence-electron chi connectivity index (χ1n) is 6.13. The van der Waals surface area contributed by atoms with E-state index in [4.69, 9.17) is 4.74 Å². The first-order valence-corrected chi connectivity index (χ1v) is 6.13. The number of para-hydroxylation sites is 1. The van der Waals surface area contributed by atoms with Gasteiger partial charge in [-0.3, -0.25) is 0 Å². The molecule has 1 atom stereocenters. The topological polar surface area (TPSA) is 30.5 Å². The van der Waals surface area contributed by atoms with E-state index in [1.165, 1.54) is 12.1 Å². The molecule has 0 bridgehead atoms. The molecule has 0 aliphatic heterocycles. The Kier molecular flexibility index (Phi) is 6.11. The molecule has 6 heteroatoms. The summed E-state index contributed by atoms with van der Waals surface area (Å²) in [5.41, 5.74) is 0.440. The van der Waals surface area contributed by atoms with Gasteiger partial charge in [-0.05, 0) is 19.5 Å². The van der Waals surface area contributed by atoms with Crippen molar-refractivity contribution < 1.29 is 22.6 Å². The maximum atomic E-state index is 12.3. The minimum Gasteiger partial charge on any atom is -0.405 e. The largest absolute Gasteiger partial charge is 0.573 e. The molecule has 0 amide bonds. The summed E-state index contributed by atoms with van der Waals surface area (Å²) >= 11 is 0. The molecule has 3 nitrogen and oxygen atoms in total. The number of hydrogen-bond donors (Lipinski definition) is 1. The van der Waals surface area contributed by atoms with Crippen molar-refractivity contribution in [3.63, 3.8) is 0 Å². The molecule has 0 saturated carbocycles. The average Bonchev–Trinajstić information content (AvgIpc) is 2.33. The van der Waals surface area contributed by atoms with E-state index < -0.39 is 6.36 Å². The monoisotopic (exact) mass is 277 g/mol. The van der Waals surface area contributed by atoms with Crippen LogP contribution >= 0.6 is 0 Å². The van der Waals surface area contributed by atoms with Gasteiger partial charge in [0.1, 0.15) is 5.75 Å². The van der Waals surface area contributed by atoms with E-state index in [0.717, 1.165) is 0 Å². The maximum absolute atomic E-state index is 12.3. The number of alkyl halides is 3. The van der Waals surface area contributed by atoms with Gasteiger partial charge in [-0.1, -0.05) is 25.1 Å². The highest BCUT2D eigenvalue weighted by Gasteiger charge is 2.32. The van der Waals surface area contributed by atoms with Gasteiger partial charge < -0.3 is 14.8 Å². The van der Waals surface area contributed by atoms with Crippen LogP contribution in [-0.2, 0) is 4.74 Å². The zero-order valence-electron chi connectivity index (χ0n) is 11.0. The van der Waals surface area contributed by atoms with Crippen molar-refractivity contribution in [3.05, 3.63) is 29.8 Å². The summed E-state index contributed by atoms with van der Waals surface area (Å²) in [6.45, 7) is 5.14. The van der Waals surface area contributed by atoms with E-state index in [2.05, 4.69) is 10.1 Å². The lowest BCUT2D eigenvalue weighted by atomic mass is 10.1. The molecule has 1 N–H and O–H groups in total. The number of rotatable bonds is 7. The van der Waals surface area contributed by atoms with Crippen LogP contribution in [0, 0.1) is 0 Å². The van der Waals surface area contributed by atoms with Crippen molar-refractivity contribution in [3.8, 4) is 5.75 Å². The molecule has 0 heterocycles. The predicted molar refractivity (Wildman–Crippen MR) is 66.0 cm³/mol. The Balaban J connectivity index is 2.94. The molecule has 0 aromatic heterocycles. The summed E-state index contributed by atoms with van der Waals surface area (Å²) < 4.78 is 46.4. The molecule has 1 aromatic rings. The zero-order chi connectivity index (χ0) is 14.3. The number of benzene rings is 1. The van der Waals surface area contributed by atoms with Gasteiger partial charge in [0.2, 0.25) is 0 Å². The van der Waals surface area contributed by atoms with Crippen LogP contribution in [0.2, 0.25) is 0 Å². The van der Waals surface area contributed by atoms with Gasteiger partial charge in [0.15, 0.2) is 0 Å². The van der Waals surface area contributed by atoms with E-state index in [1.807, 2.05) is 13.8 Å². The van der Waals surface area contributed by atoms with Gasteiger partial charge in [0.05, 0.1) is 12.6 Å². The number of nitrogens with one attached hydrogen (secondary N) is 1. The third-order valence-electron chi connectivity index (χ3n) is 2.46. The van der Waals surface area contributed by atoms with Gasteiger partial charge in [0, 0.05) is 12.2 Å². The maximum Gasteiger partial charge on any atom is 0.573 e. The van der Waals surface area contributed by atoms with Gasteiger partial charge in [-0.2, -0.15) is 0 Å². The van der Waals surface area contributed by atoms with E-state index in [1.54, 1.807) is 12.1 Å². The highest BCUT2D eigenvalue weighted by Crippen LogP contribution is 2.30. The highest BCUT2D eigenvalue weighted by atomic mass is 19.4. The van der Waals surface area contributed by atoms with Crippen molar-refractivity contribution in [1.82, 2.24) is 5.32 Å². The van der Waals surface area contributed by atoms with E-state index in [9.17, 15) is 13.2 Å². The fourth-order valence-corrected chi connectivity index (χ4v) is 1.73. The van der Waals surface area contributed by atoms with Gasteiger partial charge in [0.25, 0.3) is 0 Å². The molecule has 0 aliphatic carbocycles. The van der Waals surface area contributed by atoms with E-state index in [-0.39, 0.29) is 11.8 Å². The number of ether oxygens (including phenoxy) is 2. The average molecular weight is 277 g/mol. The van der Waals surface area contributed by atoms with Crippen LogP contribution in [0.3, 0.4) is 0 Å². The fraction of sp³-hybridized carbons (Fsp3) is 0.538. The molecule has 1 aromatic carbocycles.